The monoisotopic (exact) mass is 706 g/mol. The fraction of sp³-hybridized carbons (Fsp3) is 0.667. The van der Waals surface area contributed by atoms with Gasteiger partial charge in [-0.2, -0.15) is 0 Å². The number of hydrogen-bond donors (Lipinski definition) is 4. The lowest BCUT2D eigenvalue weighted by Crippen LogP contribution is -2.47. The second kappa shape index (κ2) is 23.1. The number of Topliss-reactive ketones (excluding diaryl/α,β-unsaturated/α-hetero) is 1. The number of benzene rings is 1. The number of aliphatic hydroxyl groups is 4. The lowest BCUT2D eigenvalue weighted by atomic mass is 9.69. The minimum absolute atomic E-state index is 0.00694. The highest BCUT2D eigenvalue weighted by Crippen LogP contribution is 2.39. The van der Waals surface area contributed by atoms with E-state index < -0.39 is 11.4 Å². The van der Waals surface area contributed by atoms with Crippen molar-refractivity contribution >= 4 is 23.7 Å². The summed E-state index contributed by atoms with van der Waals surface area (Å²) in [6, 6.07) is 7.82. The smallest absolute Gasteiger partial charge is 0.275 e. The van der Waals surface area contributed by atoms with Gasteiger partial charge in [-0.25, -0.2) is 0 Å². The minimum atomic E-state index is -2.45. The molecule has 0 unspecified atom stereocenters. The quantitative estimate of drug-likeness (QED) is 0.122. The number of unbranched alkanes of at least 4 members (excludes halogenated alkanes) is 1. The maximum atomic E-state index is 12.7. The van der Waals surface area contributed by atoms with Crippen LogP contribution in [0, 0.1) is 19.8 Å². The third kappa shape index (κ3) is 16.0. The molecule has 1 saturated heterocycles. The van der Waals surface area contributed by atoms with Gasteiger partial charge in [-0.1, -0.05) is 64.6 Å². The van der Waals surface area contributed by atoms with Crippen molar-refractivity contribution < 1.29 is 34.8 Å². The highest BCUT2D eigenvalue weighted by molar-refractivity contribution is 6.30. The van der Waals surface area contributed by atoms with E-state index in [1.54, 1.807) is 20.0 Å². The van der Waals surface area contributed by atoms with E-state index in [1.807, 2.05) is 45.0 Å². The minimum Gasteiger partial charge on any atom is -0.491 e. The van der Waals surface area contributed by atoms with Gasteiger partial charge in [0.1, 0.15) is 24.4 Å². The van der Waals surface area contributed by atoms with Crippen LogP contribution in [-0.4, -0.2) is 80.7 Å². The van der Waals surface area contributed by atoms with Crippen LogP contribution in [0.5, 0.6) is 5.75 Å². The van der Waals surface area contributed by atoms with E-state index in [9.17, 15) is 9.59 Å². The van der Waals surface area contributed by atoms with E-state index in [1.165, 1.54) is 19.3 Å². The van der Waals surface area contributed by atoms with Gasteiger partial charge < -0.3 is 30.0 Å². The second-order valence-electron chi connectivity index (χ2n) is 13.1. The van der Waals surface area contributed by atoms with Gasteiger partial charge in [-0.3, -0.25) is 14.7 Å². The number of piperidine rings is 1. The largest absolute Gasteiger partial charge is 0.491 e. The van der Waals surface area contributed by atoms with E-state index in [0.29, 0.717) is 30.9 Å². The lowest BCUT2D eigenvalue weighted by molar-refractivity contribution is -0.314. The zero-order valence-corrected chi connectivity index (χ0v) is 31.8. The summed E-state index contributed by atoms with van der Waals surface area (Å²) >= 11 is 6.25. The molecule has 2 fully saturated rings. The Morgan fingerprint density at radius 1 is 1.10 bits per heavy atom. The Morgan fingerprint density at radius 2 is 1.76 bits per heavy atom. The summed E-state index contributed by atoms with van der Waals surface area (Å²) in [5.41, 5.74) is 3.71. The average molecular weight is 707 g/mol. The molecule has 0 bridgehead atoms. The van der Waals surface area contributed by atoms with Crippen LogP contribution in [0.1, 0.15) is 121 Å². The average Bonchev–Trinajstić information content (AvgIpc) is 3.05. The molecule has 1 aliphatic heterocycles. The Bertz CT molecular complexity index is 1240. The molecule has 1 aliphatic carbocycles. The van der Waals surface area contributed by atoms with Crippen LogP contribution in [0.4, 0.5) is 0 Å². The molecule has 2 aliphatic rings. The van der Waals surface area contributed by atoms with Crippen molar-refractivity contribution in [2.24, 2.45) is 5.92 Å². The van der Waals surface area contributed by atoms with Crippen molar-refractivity contribution in [1.82, 2.24) is 9.88 Å². The molecule has 1 aromatic heterocycles. The van der Waals surface area contributed by atoms with E-state index in [2.05, 4.69) is 23.7 Å². The topological polar surface area (TPSA) is 140 Å². The van der Waals surface area contributed by atoms with Crippen LogP contribution < -0.4 is 4.74 Å². The standard InChI is InChI=1S/C25H31ClN2O3.C8H16O.C4H10O3.C2H6/c1-18-6-7-22(26)16-24(18)25(20(3)30)8-10-28(11-9-25)12-14-31-23-15-21(5-4-13-29)19(2)27-17-23;1-2-3-4-7-5-8(9)6-7;1-2-3-4(5,6)7;1-2/h6-7,13,15-17H,4-5,8-12,14H2,1-3H3;7-9H,2-6H2,1H3;5-7H,2-3H2,1H3;1-2H3. The first-order valence-corrected chi connectivity index (χ1v) is 18.5. The molecular weight excluding hydrogens is 644 g/mol. The van der Waals surface area contributed by atoms with Gasteiger partial charge in [0.2, 0.25) is 0 Å². The van der Waals surface area contributed by atoms with Crippen LogP contribution in [0.25, 0.3) is 0 Å². The highest BCUT2D eigenvalue weighted by Gasteiger charge is 2.41. The number of ether oxygens (including phenoxy) is 1. The first kappa shape index (κ1) is 44.6. The molecule has 0 spiro atoms. The Kier molecular flexibility index (Phi) is 21.1. The van der Waals surface area contributed by atoms with Gasteiger partial charge in [-0.05, 0) is 113 Å². The van der Waals surface area contributed by atoms with E-state index >= 15 is 0 Å². The van der Waals surface area contributed by atoms with Crippen molar-refractivity contribution in [1.29, 1.82) is 0 Å². The molecule has 2 heterocycles. The number of nitrogens with zero attached hydrogens (tertiary/aromatic N) is 2. The molecular formula is C39H63ClN2O7. The molecule has 278 valence electrons. The number of ketones is 1. The predicted octanol–water partition coefficient (Wildman–Crippen LogP) is 6.88. The molecule has 1 aromatic carbocycles. The summed E-state index contributed by atoms with van der Waals surface area (Å²) in [6.45, 7) is 16.7. The first-order valence-electron chi connectivity index (χ1n) is 18.1. The molecule has 4 rings (SSSR count). The number of aromatic nitrogens is 1. The zero-order chi connectivity index (χ0) is 37.0. The van der Waals surface area contributed by atoms with Crippen molar-refractivity contribution in [3.05, 3.63) is 57.9 Å². The van der Waals surface area contributed by atoms with E-state index in [-0.39, 0.29) is 18.3 Å². The number of aliphatic hydroxyl groups excluding tert-OH is 1. The maximum Gasteiger partial charge on any atom is 0.275 e. The summed E-state index contributed by atoms with van der Waals surface area (Å²) in [5.74, 6) is -0.646. The van der Waals surface area contributed by atoms with Crippen LogP contribution >= 0.6 is 11.6 Å². The second-order valence-corrected chi connectivity index (χ2v) is 13.5. The summed E-state index contributed by atoms with van der Waals surface area (Å²) in [7, 11) is 0. The number of pyridine rings is 1. The van der Waals surface area contributed by atoms with Crippen LogP contribution in [0.2, 0.25) is 5.02 Å². The Hall–Kier alpha value is -2.40. The fourth-order valence-corrected chi connectivity index (χ4v) is 6.41. The molecule has 10 heteroatoms. The van der Waals surface area contributed by atoms with Crippen LogP contribution in [0.15, 0.2) is 30.5 Å². The lowest BCUT2D eigenvalue weighted by Gasteiger charge is -2.41. The molecule has 9 nitrogen and oxygen atoms in total. The predicted molar refractivity (Wildman–Crippen MR) is 197 cm³/mol. The number of aldehydes is 1. The zero-order valence-electron chi connectivity index (χ0n) is 31.0. The van der Waals surface area contributed by atoms with E-state index in [4.69, 9.17) is 36.8 Å². The van der Waals surface area contributed by atoms with Crippen molar-refractivity contribution in [3.8, 4) is 5.75 Å². The Labute approximate surface area is 300 Å². The van der Waals surface area contributed by atoms with Crippen LogP contribution in [-0.2, 0) is 21.4 Å². The number of carbonyl (C=O) groups is 2. The van der Waals surface area contributed by atoms with Crippen molar-refractivity contribution in [3.63, 3.8) is 0 Å². The van der Waals surface area contributed by atoms with Gasteiger partial charge in [0, 0.05) is 30.1 Å². The Morgan fingerprint density at radius 3 is 2.27 bits per heavy atom. The van der Waals surface area contributed by atoms with E-state index in [0.717, 1.165) is 85.7 Å². The van der Waals surface area contributed by atoms with Gasteiger partial charge in [0.25, 0.3) is 5.97 Å². The van der Waals surface area contributed by atoms with Gasteiger partial charge in [0.15, 0.2) is 0 Å². The van der Waals surface area contributed by atoms with Crippen LogP contribution in [0.3, 0.4) is 0 Å². The summed E-state index contributed by atoms with van der Waals surface area (Å²) in [6.07, 6.45) is 12.1. The van der Waals surface area contributed by atoms with Crippen molar-refractivity contribution in [2.45, 2.75) is 137 Å². The third-order valence-corrected chi connectivity index (χ3v) is 9.47. The van der Waals surface area contributed by atoms with Gasteiger partial charge >= 0.3 is 0 Å². The molecule has 2 aromatic rings. The molecule has 0 amide bonds. The number of halogens is 1. The number of hydrogen-bond acceptors (Lipinski definition) is 9. The summed E-state index contributed by atoms with van der Waals surface area (Å²) < 4.78 is 5.93. The number of likely N-dealkylation sites (tertiary alicyclic amines) is 1. The normalized spacial score (nSPS) is 18.3. The summed E-state index contributed by atoms with van der Waals surface area (Å²) in [5, 5.41) is 34.0. The Balaban J connectivity index is 0.000000545. The van der Waals surface area contributed by atoms with Crippen molar-refractivity contribution in [2.75, 3.05) is 26.2 Å². The molecule has 0 radical (unpaired) electrons. The molecule has 4 N–H and O–H groups in total. The highest BCUT2D eigenvalue weighted by atomic mass is 35.5. The van der Waals surface area contributed by atoms with Gasteiger partial charge in [0.05, 0.1) is 17.7 Å². The molecule has 49 heavy (non-hydrogen) atoms. The molecule has 1 saturated carbocycles. The summed E-state index contributed by atoms with van der Waals surface area (Å²) in [4.78, 5) is 30.1. The SMILES string of the molecule is CC.CC(=O)C1(c2cc(Cl)ccc2C)CCN(CCOc2cnc(C)c(CCC=O)c2)CC1.CCCC(O)(O)O.CCCCC1CC(O)C1. The molecule has 0 atom stereocenters. The maximum absolute atomic E-state index is 12.7. The van der Waals surface area contributed by atoms with Gasteiger partial charge in [-0.15, -0.1) is 0 Å². The third-order valence-electron chi connectivity index (χ3n) is 9.24. The fourth-order valence-electron chi connectivity index (χ4n) is 6.24. The number of aryl methyl sites for hydroxylation is 3. The first-order chi connectivity index (χ1) is 23.2. The number of carbonyl (C=O) groups excluding carboxylic acids is 2. The number of rotatable bonds is 14.